The van der Waals surface area contributed by atoms with Gasteiger partial charge in [-0.15, -0.1) is 11.3 Å². The van der Waals surface area contributed by atoms with Crippen LogP contribution in [0.3, 0.4) is 0 Å². The first-order valence-electron chi connectivity index (χ1n) is 21.8. The number of unbranched alkanes of at least 4 members (excludes halogenated alkanes) is 1. The lowest BCUT2D eigenvalue weighted by atomic mass is 9.34. The van der Waals surface area contributed by atoms with Gasteiger partial charge in [0.25, 0.3) is 0 Å². The molecule has 0 unspecified atom stereocenters. The average Bonchev–Trinajstić information content (AvgIpc) is 3.84. The number of fused-ring (bicyclic) bond motifs is 10. The minimum atomic E-state index is -0.0536. The van der Waals surface area contributed by atoms with E-state index in [4.69, 9.17) is 0 Å². The molecule has 2 nitrogen and oxygen atoms in total. The number of anilines is 3. The van der Waals surface area contributed by atoms with E-state index < -0.39 is 0 Å². The Kier molecular flexibility index (Phi) is 8.46. The SMILES string of the molecule is CCCCc1ccc2sc3ccccc3c2c1N1c2ccc(-c3ccccc3)cc2B2c3ccc(-n4c5ccccc5c5ccccc54)cc3Sc3cc(C(C)(C)C)cc1c32. The standard InChI is InChI=1S/C56H45BN2S2/c1-5-6-16-36-26-30-50-53(42-21-12-15-24-49(42)60-50)55(36)59-47-29-25-37(35-17-8-7-9-18-35)31-44(47)57-43-28-27-39(58-45-22-13-10-19-40(45)41-20-11-14-23-46(41)58)34-51(43)61-52-33-38(56(2,3)4)32-48(59)54(52)57/h7-15,17-34H,5-6,16H2,1-4H3. The van der Waals surface area contributed by atoms with Crippen molar-refractivity contribution in [3.05, 3.63) is 175 Å². The molecule has 2 aromatic heterocycles. The average molecular weight is 821 g/mol. The number of hydrogen-bond donors (Lipinski definition) is 0. The second kappa shape index (κ2) is 14.0. The minimum Gasteiger partial charge on any atom is -0.311 e. The van der Waals surface area contributed by atoms with Gasteiger partial charge in [-0.25, -0.2) is 0 Å². The van der Waals surface area contributed by atoms with Gasteiger partial charge in [-0.1, -0.05) is 161 Å². The molecule has 0 fully saturated rings. The van der Waals surface area contributed by atoms with Crippen molar-refractivity contribution >= 4 is 105 Å². The Bertz CT molecular complexity index is 3330. The third kappa shape index (κ3) is 5.70. The van der Waals surface area contributed by atoms with Gasteiger partial charge in [0.15, 0.2) is 0 Å². The summed E-state index contributed by atoms with van der Waals surface area (Å²) in [7, 11) is 0. The highest BCUT2D eigenvalue weighted by Crippen LogP contribution is 2.50. The van der Waals surface area contributed by atoms with Crippen molar-refractivity contribution in [1.82, 2.24) is 4.57 Å². The largest absolute Gasteiger partial charge is 0.311 e. The molecule has 0 spiro atoms. The van der Waals surface area contributed by atoms with Crippen LogP contribution in [0.2, 0.25) is 0 Å². The van der Waals surface area contributed by atoms with Crippen molar-refractivity contribution < 1.29 is 0 Å². The van der Waals surface area contributed by atoms with Gasteiger partial charge in [-0.05, 0) is 106 Å². The molecule has 2 aliphatic rings. The molecule has 0 aliphatic carbocycles. The first-order valence-corrected chi connectivity index (χ1v) is 23.4. The zero-order valence-electron chi connectivity index (χ0n) is 35.0. The van der Waals surface area contributed by atoms with E-state index in [0.29, 0.717) is 0 Å². The van der Waals surface area contributed by atoms with E-state index in [1.54, 1.807) is 0 Å². The van der Waals surface area contributed by atoms with Gasteiger partial charge in [-0.3, -0.25) is 0 Å². The maximum Gasteiger partial charge on any atom is 0.249 e. The molecule has 0 saturated carbocycles. The van der Waals surface area contributed by atoms with E-state index in [0.717, 1.165) is 19.3 Å². The molecule has 0 N–H and O–H groups in total. The summed E-state index contributed by atoms with van der Waals surface area (Å²) >= 11 is 3.88. The Morgan fingerprint density at radius 2 is 1.30 bits per heavy atom. The molecule has 294 valence electrons. The lowest BCUT2D eigenvalue weighted by Crippen LogP contribution is -2.60. The quantitative estimate of drug-likeness (QED) is 0.154. The van der Waals surface area contributed by atoms with Crippen LogP contribution in [-0.4, -0.2) is 11.3 Å². The van der Waals surface area contributed by atoms with Gasteiger partial charge < -0.3 is 9.47 Å². The van der Waals surface area contributed by atoms with E-state index in [-0.39, 0.29) is 12.1 Å². The third-order valence-corrected chi connectivity index (χ3v) is 15.5. The second-order valence-electron chi connectivity index (χ2n) is 17.9. The highest BCUT2D eigenvalue weighted by Gasteiger charge is 2.43. The molecule has 61 heavy (non-hydrogen) atoms. The number of aryl methyl sites for hydroxylation is 1. The highest BCUT2D eigenvalue weighted by atomic mass is 32.2. The lowest BCUT2D eigenvalue weighted by molar-refractivity contribution is 0.589. The first-order chi connectivity index (χ1) is 29.9. The van der Waals surface area contributed by atoms with Crippen LogP contribution in [0.25, 0.3) is 58.8 Å². The number of aromatic nitrogens is 1. The Morgan fingerprint density at radius 1 is 0.574 bits per heavy atom. The highest BCUT2D eigenvalue weighted by molar-refractivity contribution is 8.00. The fourth-order valence-corrected chi connectivity index (χ4v) is 12.6. The topological polar surface area (TPSA) is 8.17 Å². The maximum absolute atomic E-state index is 2.71. The van der Waals surface area contributed by atoms with Gasteiger partial charge in [-0.2, -0.15) is 0 Å². The summed E-state index contributed by atoms with van der Waals surface area (Å²) in [6, 6.07) is 62.2. The van der Waals surface area contributed by atoms with E-state index in [1.165, 1.54) is 113 Å². The van der Waals surface area contributed by atoms with Crippen LogP contribution in [-0.2, 0) is 11.8 Å². The normalized spacial score (nSPS) is 13.3. The smallest absolute Gasteiger partial charge is 0.249 e. The molecule has 0 bridgehead atoms. The van der Waals surface area contributed by atoms with Crippen LogP contribution in [0.1, 0.15) is 51.7 Å². The zero-order valence-corrected chi connectivity index (χ0v) is 36.6. The van der Waals surface area contributed by atoms with Gasteiger partial charge in [0, 0.05) is 57.8 Å². The fourth-order valence-electron chi connectivity index (χ4n) is 10.2. The predicted octanol–water partition coefficient (Wildman–Crippen LogP) is 14.2. The van der Waals surface area contributed by atoms with Gasteiger partial charge >= 0.3 is 0 Å². The molecule has 4 heterocycles. The van der Waals surface area contributed by atoms with Crippen molar-refractivity contribution in [3.63, 3.8) is 0 Å². The van der Waals surface area contributed by atoms with Gasteiger partial charge in [0.1, 0.15) is 0 Å². The maximum atomic E-state index is 2.71. The molecule has 0 radical (unpaired) electrons. The number of benzene rings is 8. The Morgan fingerprint density at radius 3 is 2.05 bits per heavy atom. The van der Waals surface area contributed by atoms with E-state index in [1.807, 2.05) is 23.1 Å². The van der Waals surface area contributed by atoms with Crippen molar-refractivity contribution in [3.8, 4) is 16.8 Å². The molecule has 10 aromatic rings. The van der Waals surface area contributed by atoms with Crippen LogP contribution >= 0.6 is 23.1 Å². The van der Waals surface area contributed by atoms with E-state index in [2.05, 4.69) is 201 Å². The molecule has 8 aromatic carbocycles. The summed E-state index contributed by atoms with van der Waals surface area (Å²) in [6.45, 7) is 9.49. The second-order valence-corrected chi connectivity index (χ2v) is 20.1. The van der Waals surface area contributed by atoms with E-state index >= 15 is 0 Å². The molecule has 5 heteroatoms. The molecule has 2 aliphatic heterocycles. The predicted molar refractivity (Wildman–Crippen MR) is 266 cm³/mol. The summed E-state index contributed by atoms with van der Waals surface area (Å²) in [5.41, 5.74) is 17.0. The summed E-state index contributed by atoms with van der Waals surface area (Å²) < 4.78 is 5.15. The summed E-state index contributed by atoms with van der Waals surface area (Å²) in [5, 5.41) is 5.29. The number of thiophene rings is 1. The van der Waals surface area contributed by atoms with Crippen molar-refractivity contribution in [2.45, 2.75) is 62.2 Å². The lowest BCUT2D eigenvalue weighted by Gasteiger charge is -2.42. The number of rotatable bonds is 6. The Hall–Kier alpha value is -6.01. The van der Waals surface area contributed by atoms with Crippen LogP contribution < -0.4 is 21.3 Å². The number of para-hydroxylation sites is 2. The Balaban J connectivity index is 1.16. The zero-order chi connectivity index (χ0) is 41.0. The van der Waals surface area contributed by atoms with E-state index in [9.17, 15) is 0 Å². The van der Waals surface area contributed by atoms with Crippen LogP contribution in [0.15, 0.2) is 174 Å². The number of nitrogens with zero attached hydrogens (tertiary/aromatic N) is 2. The molecule has 12 rings (SSSR count). The summed E-state index contributed by atoms with van der Waals surface area (Å²) in [5.74, 6) is 0. The summed E-state index contributed by atoms with van der Waals surface area (Å²) in [4.78, 5) is 5.39. The minimum absolute atomic E-state index is 0.0536. The monoisotopic (exact) mass is 820 g/mol. The van der Waals surface area contributed by atoms with Gasteiger partial charge in [0.2, 0.25) is 6.71 Å². The Labute approximate surface area is 366 Å². The number of hydrogen-bond acceptors (Lipinski definition) is 3. The molecule has 0 saturated heterocycles. The van der Waals surface area contributed by atoms with Crippen molar-refractivity contribution in [2.75, 3.05) is 4.90 Å². The van der Waals surface area contributed by atoms with Crippen LogP contribution in [0.4, 0.5) is 17.1 Å². The summed E-state index contributed by atoms with van der Waals surface area (Å²) in [6.07, 6.45) is 3.34. The molecular weight excluding hydrogens is 776 g/mol. The van der Waals surface area contributed by atoms with Gasteiger partial charge in [0.05, 0.1) is 16.7 Å². The van der Waals surface area contributed by atoms with Crippen LogP contribution in [0.5, 0.6) is 0 Å². The molecule has 0 amide bonds. The molecular formula is C56H45BN2S2. The van der Waals surface area contributed by atoms with Crippen LogP contribution in [0, 0.1) is 0 Å². The first kappa shape index (κ1) is 36.8. The fraction of sp³-hybridized carbons (Fsp3) is 0.143. The van der Waals surface area contributed by atoms with Crippen molar-refractivity contribution in [2.24, 2.45) is 0 Å². The van der Waals surface area contributed by atoms with Crippen molar-refractivity contribution in [1.29, 1.82) is 0 Å². The third-order valence-electron chi connectivity index (χ3n) is 13.2. The molecule has 0 atom stereocenters.